The monoisotopic (exact) mass is 413 g/mol. The summed E-state index contributed by atoms with van der Waals surface area (Å²) in [6.45, 7) is 2.35. The lowest BCUT2D eigenvalue weighted by Gasteiger charge is -2.10. The van der Waals surface area contributed by atoms with Gasteiger partial charge in [0.05, 0.1) is 4.92 Å². The van der Waals surface area contributed by atoms with E-state index in [-0.39, 0.29) is 16.9 Å². The van der Waals surface area contributed by atoms with E-state index in [0.717, 1.165) is 11.1 Å². The smallest absolute Gasteiger partial charge is 0.271 e. The van der Waals surface area contributed by atoms with E-state index in [0.29, 0.717) is 17.9 Å². The van der Waals surface area contributed by atoms with Gasteiger partial charge in [0.1, 0.15) is 24.0 Å². The molecule has 3 aromatic rings. The van der Waals surface area contributed by atoms with Crippen LogP contribution in [-0.4, -0.2) is 10.8 Å². The number of nitriles is 1. The first kappa shape index (κ1) is 21.3. The van der Waals surface area contributed by atoms with E-state index in [1.54, 1.807) is 24.3 Å². The standard InChI is InChI=1S/C24H19N3O4/c1-17-9-11-18(12-10-17)16-31-23-8-3-2-5-19(23)13-20(15-25)24(28)26-21-6-4-7-22(14-21)27(29)30/h2-14H,16H2,1H3,(H,26,28)/b20-13+. The molecule has 1 N–H and O–H groups in total. The Morgan fingerprint density at radius 1 is 1.13 bits per heavy atom. The van der Waals surface area contributed by atoms with Crippen LogP contribution in [0.5, 0.6) is 5.75 Å². The number of nitrogens with zero attached hydrogens (tertiary/aromatic N) is 2. The van der Waals surface area contributed by atoms with Gasteiger partial charge >= 0.3 is 0 Å². The number of carbonyl (C=O) groups excluding carboxylic acids is 1. The summed E-state index contributed by atoms with van der Waals surface area (Å²) in [6.07, 6.45) is 1.43. The van der Waals surface area contributed by atoms with Crippen molar-refractivity contribution in [3.05, 3.63) is 105 Å². The van der Waals surface area contributed by atoms with Crippen molar-refractivity contribution in [1.82, 2.24) is 0 Å². The topological polar surface area (TPSA) is 105 Å². The number of anilines is 1. The average molecular weight is 413 g/mol. The van der Waals surface area contributed by atoms with E-state index in [2.05, 4.69) is 5.32 Å². The molecule has 7 nitrogen and oxygen atoms in total. The lowest BCUT2D eigenvalue weighted by Crippen LogP contribution is -2.13. The van der Waals surface area contributed by atoms with Crippen LogP contribution in [0.2, 0.25) is 0 Å². The maximum Gasteiger partial charge on any atom is 0.271 e. The van der Waals surface area contributed by atoms with Gasteiger partial charge in [0.15, 0.2) is 0 Å². The fraction of sp³-hybridized carbons (Fsp3) is 0.0833. The SMILES string of the molecule is Cc1ccc(COc2ccccc2/C=C(\C#N)C(=O)Nc2cccc([N+](=O)[O-])c2)cc1. The molecule has 3 aromatic carbocycles. The molecule has 0 unspecified atom stereocenters. The second-order valence-corrected chi connectivity index (χ2v) is 6.74. The fourth-order valence-electron chi connectivity index (χ4n) is 2.78. The van der Waals surface area contributed by atoms with Gasteiger partial charge in [0, 0.05) is 23.4 Å². The number of hydrogen-bond acceptors (Lipinski definition) is 5. The zero-order valence-corrected chi connectivity index (χ0v) is 16.7. The molecule has 3 rings (SSSR count). The number of amides is 1. The normalized spacial score (nSPS) is 10.8. The Morgan fingerprint density at radius 3 is 2.58 bits per heavy atom. The lowest BCUT2D eigenvalue weighted by molar-refractivity contribution is -0.384. The Bertz CT molecular complexity index is 1180. The number of hydrogen-bond donors (Lipinski definition) is 1. The average Bonchev–Trinajstić information content (AvgIpc) is 2.77. The minimum Gasteiger partial charge on any atom is -0.488 e. The molecule has 0 fully saturated rings. The van der Waals surface area contributed by atoms with Gasteiger partial charge in [-0.1, -0.05) is 54.1 Å². The highest BCUT2D eigenvalue weighted by atomic mass is 16.6. The molecule has 0 spiro atoms. The van der Waals surface area contributed by atoms with Gasteiger partial charge in [-0.15, -0.1) is 0 Å². The number of non-ortho nitro benzene ring substituents is 1. The molecule has 0 aliphatic rings. The van der Waals surface area contributed by atoms with Crippen LogP contribution in [0.3, 0.4) is 0 Å². The van der Waals surface area contributed by atoms with Crippen LogP contribution in [0, 0.1) is 28.4 Å². The first-order valence-electron chi connectivity index (χ1n) is 9.41. The van der Waals surface area contributed by atoms with E-state index in [4.69, 9.17) is 4.74 Å². The van der Waals surface area contributed by atoms with Crippen molar-refractivity contribution >= 4 is 23.4 Å². The summed E-state index contributed by atoms with van der Waals surface area (Å²) >= 11 is 0. The molecule has 0 saturated heterocycles. The minimum atomic E-state index is -0.670. The molecule has 0 aromatic heterocycles. The highest BCUT2D eigenvalue weighted by Gasteiger charge is 2.13. The molecule has 7 heteroatoms. The molecule has 154 valence electrons. The number of benzene rings is 3. The number of carbonyl (C=O) groups is 1. The van der Waals surface area contributed by atoms with Gasteiger partial charge in [-0.2, -0.15) is 5.26 Å². The number of para-hydroxylation sites is 1. The molecule has 31 heavy (non-hydrogen) atoms. The van der Waals surface area contributed by atoms with Gasteiger partial charge in [0.25, 0.3) is 11.6 Å². The van der Waals surface area contributed by atoms with Crippen molar-refractivity contribution in [3.8, 4) is 11.8 Å². The summed E-state index contributed by atoms with van der Waals surface area (Å²) in [5, 5.41) is 22.9. The van der Waals surface area contributed by atoms with E-state index in [1.165, 1.54) is 30.3 Å². The first-order valence-corrected chi connectivity index (χ1v) is 9.41. The number of ether oxygens (including phenoxy) is 1. The predicted octanol–water partition coefficient (Wildman–Crippen LogP) is 5.03. The maximum atomic E-state index is 12.5. The van der Waals surface area contributed by atoms with E-state index >= 15 is 0 Å². The molecule has 0 radical (unpaired) electrons. The molecule has 1 amide bonds. The van der Waals surface area contributed by atoms with Crippen LogP contribution < -0.4 is 10.1 Å². The van der Waals surface area contributed by atoms with Crippen LogP contribution in [-0.2, 0) is 11.4 Å². The third-order valence-electron chi connectivity index (χ3n) is 4.41. The second kappa shape index (κ2) is 9.85. The second-order valence-electron chi connectivity index (χ2n) is 6.74. The summed E-state index contributed by atoms with van der Waals surface area (Å²) in [5.41, 5.74) is 2.63. The third-order valence-corrected chi connectivity index (χ3v) is 4.41. The third kappa shape index (κ3) is 5.78. The van der Waals surface area contributed by atoms with Gasteiger partial charge in [-0.25, -0.2) is 0 Å². The maximum absolute atomic E-state index is 12.5. The first-order chi connectivity index (χ1) is 15.0. The summed E-state index contributed by atoms with van der Waals surface area (Å²) in [7, 11) is 0. The fourth-order valence-corrected chi connectivity index (χ4v) is 2.78. The number of aryl methyl sites for hydroxylation is 1. The quantitative estimate of drug-likeness (QED) is 0.253. The van der Waals surface area contributed by atoms with Crippen molar-refractivity contribution in [2.24, 2.45) is 0 Å². The Morgan fingerprint density at radius 2 is 1.87 bits per heavy atom. The summed E-state index contributed by atoms with van der Waals surface area (Å²) in [4.78, 5) is 22.9. The molecular formula is C24H19N3O4. The Labute approximate surface area is 179 Å². The Hall–Kier alpha value is -4.44. The van der Waals surface area contributed by atoms with E-state index in [1.807, 2.05) is 37.3 Å². The van der Waals surface area contributed by atoms with E-state index in [9.17, 15) is 20.2 Å². The van der Waals surface area contributed by atoms with Crippen molar-refractivity contribution in [3.63, 3.8) is 0 Å². The highest BCUT2D eigenvalue weighted by molar-refractivity contribution is 6.09. The predicted molar refractivity (Wildman–Crippen MR) is 117 cm³/mol. The van der Waals surface area contributed by atoms with Crippen LogP contribution in [0.25, 0.3) is 6.08 Å². The molecule has 0 aliphatic carbocycles. The molecule has 0 aliphatic heterocycles. The van der Waals surface area contributed by atoms with Crippen molar-refractivity contribution < 1.29 is 14.5 Å². The van der Waals surface area contributed by atoms with Crippen molar-refractivity contribution in [2.75, 3.05) is 5.32 Å². The van der Waals surface area contributed by atoms with Gasteiger partial charge in [-0.05, 0) is 30.7 Å². The summed E-state index contributed by atoms with van der Waals surface area (Å²) in [6, 6.07) is 22.4. The molecule has 0 bridgehead atoms. The summed E-state index contributed by atoms with van der Waals surface area (Å²) < 4.78 is 5.89. The van der Waals surface area contributed by atoms with Crippen LogP contribution in [0.15, 0.2) is 78.4 Å². The van der Waals surface area contributed by atoms with E-state index < -0.39 is 10.8 Å². The minimum absolute atomic E-state index is 0.155. The molecular weight excluding hydrogens is 394 g/mol. The largest absolute Gasteiger partial charge is 0.488 e. The van der Waals surface area contributed by atoms with Crippen LogP contribution >= 0.6 is 0 Å². The Balaban J connectivity index is 1.78. The zero-order valence-electron chi connectivity index (χ0n) is 16.7. The molecule has 0 saturated carbocycles. The number of nitrogens with one attached hydrogen (secondary N) is 1. The molecule has 0 atom stereocenters. The van der Waals surface area contributed by atoms with Crippen LogP contribution in [0.1, 0.15) is 16.7 Å². The lowest BCUT2D eigenvalue weighted by atomic mass is 10.1. The molecule has 0 heterocycles. The Kier molecular flexibility index (Phi) is 6.76. The summed E-state index contributed by atoms with van der Waals surface area (Å²) in [5.74, 6) is -0.143. The van der Waals surface area contributed by atoms with Gasteiger partial charge < -0.3 is 10.1 Å². The van der Waals surface area contributed by atoms with Crippen LogP contribution in [0.4, 0.5) is 11.4 Å². The van der Waals surface area contributed by atoms with Crippen molar-refractivity contribution in [1.29, 1.82) is 5.26 Å². The highest BCUT2D eigenvalue weighted by Crippen LogP contribution is 2.23. The number of nitro groups is 1. The van der Waals surface area contributed by atoms with Gasteiger partial charge in [-0.3, -0.25) is 14.9 Å². The zero-order chi connectivity index (χ0) is 22.2. The van der Waals surface area contributed by atoms with Crippen molar-refractivity contribution in [2.45, 2.75) is 13.5 Å². The number of nitro benzene ring substituents is 1. The number of rotatable bonds is 7. The van der Waals surface area contributed by atoms with Gasteiger partial charge in [0.2, 0.25) is 0 Å².